The number of carboxylic acid groups (broad SMARTS) is 1. The summed E-state index contributed by atoms with van der Waals surface area (Å²) in [6.07, 6.45) is 2.31. The molecule has 17 heavy (non-hydrogen) atoms. The molecule has 2 rings (SSSR count). The van der Waals surface area contributed by atoms with E-state index in [0.29, 0.717) is 18.8 Å². The van der Waals surface area contributed by atoms with Crippen LogP contribution in [-0.4, -0.2) is 36.6 Å². The number of rotatable bonds is 5. The van der Waals surface area contributed by atoms with Gasteiger partial charge in [-0.3, -0.25) is 9.59 Å². The van der Waals surface area contributed by atoms with E-state index in [1.807, 2.05) is 6.92 Å². The lowest BCUT2D eigenvalue weighted by Crippen LogP contribution is -2.52. The standard InChI is InChI=1S/C12H20N2O3/c1-8(9-5-13-6-9)10(15)14-7-12(11(16)17)3-2-4-12/h8-9,13H,2-7H2,1H3,(H,14,15)(H,16,17). The SMILES string of the molecule is CC(C(=O)NCC1(C(=O)O)CCC1)C1CNC1. The van der Waals surface area contributed by atoms with E-state index in [1.54, 1.807) is 0 Å². The Morgan fingerprint density at radius 3 is 2.47 bits per heavy atom. The van der Waals surface area contributed by atoms with Crippen LogP contribution in [0.25, 0.3) is 0 Å². The first-order chi connectivity index (χ1) is 8.05. The van der Waals surface area contributed by atoms with Crippen LogP contribution in [0.2, 0.25) is 0 Å². The van der Waals surface area contributed by atoms with Gasteiger partial charge in [-0.25, -0.2) is 0 Å². The Balaban J connectivity index is 1.80. The van der Waals surface area contributed by atoms with Gasteiger partial charge in [0, 0.05) is 12.5 Å². The number of amides is 1. The topological polar surface area (TPSA) is 78.4 Å². The van der Waals surface area contributed by atoms with Crippen LogP contribution >= 0.6 is 0 Å². The molecule has 2 fully saturated rings. The second-order valence-electron chi connectivity index (χ2n) is 5.36. The summed E-state index contributed by atoms with van der Waals surface area (Å²) in [6, 6.07) is 0. The molecule has 1 heterocycles. The fourth-order valence-corrected chi connectivity index (χ4v) is 2.37. The highest BCUT2D eigenvalue weighted by atomic mass is 16.4. The van der Waals surface area contributed by atoms with E-state index in [0.717, 1.165) is 19.5 Å². The summed E-state index contributed by atoms with van der Waals surface area (Å²) in [7, 11) is 0. The highest BCUT2D eigenvalue weighted by Crippen LogP contribution is 2.40. The van der Waals surface area contributed by atoms with Crippen molar-refractivity contribution < 1.29 is 14.7 Å². The smallest absolute Gasteiger partial charge is 0.311 e. The summed E-state index contributed by atoms with van der Waals surface area (Å²) in [5.41, 5.74) is -0.687. The number of hydrogen-bond acceptors (Lipinski definition) is 3. The maximum absolute atomic E-state index is 11.9. The number of carbonyl (C=O) groups is 2. The second-order valence-corrected chi connectivity index (χ2v) is 5.36. The Bertz CT molecular complexity index is 322. The van der Waals surface area contributed by atoms with E-state index in [4.69, 9.17) is 5.11 Å². The van der Waals surface area contributed by atoms with Crippen molar-refractivity contribution in [2.24, 2.45) is 17.3 Å². The van der Waals surface area contributed by atoms with Crippen molar-refractivity contribution >= 4 is 11.9 Å². The maximum atomic E-state index is 11.9. The number of hydrogen-bond donors (Lipinski definition) is 3. The average Bonchev–Trinajstić information content (AvgIpc) is 2.12. The Morgan fingerprint density at radius 2 is 2.12 bits per heavy atom. The number of nitrogens with one attached hydrogen (secondary N) is 2. The molecule has 1 unspecified atom stereocenters. The van der Waals surface area contributed by atoms with Crippen LogP contribution in [0.5, 0.6) is 0 Å². The predicted molar refractivity (Wildman–Crippen MR) is 62.5 cm³/mol. The van der Waals surface area contributed by atoms with Crippen LogP contribution in [0, 0.1) is 17.3 Å². The molecular weight excluding hydrogens is 220 g/mol. The molecule has 0 radical (unpaired) electrons. The maximum Gasteiger partial charge on any atom is 0.311 e. The van der Waals surface area contributed by atoms with Crippen molar-refractivity contribution in [3.63, 3.8) is 0 Å². The minimum atomic E-state index is -0.776. The Hall–Kier alpha value is -1.10. The van der Waals surface area contributed by atoms with E-state index in [-0.39, 0.29) is 18.4 Å². The van der Waals surface area contributed by atoms with Gasteiger partial charge in [-0.1, -0.05) is 13.3 Å². The fraction of sp³-hybridized carbons (Fsp3) is 0.833. The van der Waals surface area contributed by atoms with Gasteiger partial charge in [0.1, 0.15) is 0 Å². The highest BCUT2D eigenvalue weighted by Gasteiger charge is 2.44. The molecule has 1 aliphatic carbocycles. The van der Waals surface area contributed by atoms with Gasteiger partial charge in [0.25, 0.3) is 0 Å². The summed E-state index contributed by atoms with van der Waals surface area (Å²) in [4.78, 5) is 23.0. The largest absolute Gasteiger partial charge is 0.481 e. The molecule has 1 saturated heterocycles. The van der Waals surface area contributed by atoms with E-state index in [9.17, 15) is 9.59 Å². The van der Waals surface area contributed by atoms with Gasteiger partial charge in [0.15, 0.2) is 0 Å². The van der Waals surface area contributed by atoms with Crippen molar-refractivity contribution in [2.75, 3.05) is 19.6 Å². The van der Waals surface area contributed by atoms with Crippen molar-refractivity contribution in [1.82, 2.24) is 10.6 Å². The van der Waals surface area contributed by atoms with Gasteiger partial charge in [-0.15, -0.1) is 0 Å². The molecule has 1 atom stereocenters. The zero-order valence-electron chi connectivity index (χ0n) is 10.2. The monoisotopic (exact) mass is 240 g/mol. The van der Waals surface area contributed by atoms with Crippen molar-refractivity contribution in [3.8, 4) is 0 Å². The van der Waals surface area contributed by atoms with Crippen LogP contribution in [0.15, 0.2) is 0 Å². The average molecular weight is 240 g/mol. The minimum Gasteiger partial charge on any atom is -0.481 e. The third-order valence-corrected chi connectivity index (χ3v) is 4.30. The molecule has 2 aliphatic rings. The molecule has 1 saturated carbocycles. The molecule has 1 aliphatic heterocycles. The van der Waals surface area contributed by atoms with Gasteiger partial charge < -0.3 is 15.7 Å². The Kier molecular flexibility index (Phi) is 3.38. The van der Waals surface area contributed by atoms with Crippen LogP contribution in [0.1, 0.15) is 26.2 Å². The van der Waals surface area contributed by atoms with Gasteiger partial charge in [-0.05, 0) is 31.8 Å². The Morgan fingerprint density at radius 1 is 1.47 bits per heavy atom. The first-order valence-electron chi connectivity index (χ1n) is 6.27. The van der Waals surface area contributed by atoms with Gasteiger partial charge in [0.2, 0.25) is 5.91 Å². The van der Waals surface area contributed by atoms with Crippen LogP contribution in [0.3, 0.4) is 0 Å². The second kappa shape index (κ2) is 4.64. The third kappa shape index (κ3) is 2.29. The molecule has 3 N–H and O–H groups in total. The lowest BCUT2D eigenvalue weighted by Gasteiger charge is -2.38. The Labute approximate surface area is 101 Å². The van der Waals surface area contributed by atoms with Gasteiger partial charge >= 0.3 is 5.97 Å². The molecule has 5 nitrogen and oxygen atoms in total. The molecule has 0 aromatic heterocycles. The third-order valence-electron chi connectivity index (χ3n) is 4.30. The molecule has 0 bridgehead atoms. The quantitative estimate of drug-likeness (QED) is 0.642. The van der Waals surface area contributed by atoms with E-state index in [1.165, 1.54) is 0 Å². The molecule has 0 aromatic carbocycles. The summed E-state index contributed by atoms with van der Waals surface area (Å²) < 4.78 is 0. The highest BCUT2D eigenvalue weighted by molar-refractivity contribution is 5.81. The molecule has 96 valence electrons. The molecule has 1 amide bonds. The number of carboxylic acids is 1. The van der Waals surface area contributed by atoms with Crippen molar-refractivity contribution in [3.05, 3.63) is 0 Å². The molecular formula is C12H20N2O3. The van der Waals surface area contributed by atoms with Crippen LogP contribution < -0.4 is 10.6 Å². The summed E-state index contributed by atoms with van der Waals surface area (Å²) >= 11 is 0. The molecule has 5 heteroatoms. The summed E-state index contributed by atoms with van der Waals surface area (Å²) in [6.45, 7) is 3.97. The normalized spacial score (nSPS) is 24.3. The molecule has 0 aromatic rings. The van der Waals surface area contributed by atoms with Crippen molar-refractivity contribution in [2.45, 2.75) is 26.2 Å². The number of carbonyl (C=O) groups excluding carboxylic acids is 1. The number of aliphatic carboxylic acids is 1. The van der Waals surface area contributed by atoms with Crippen molar-refractivity contribution in [1.29, 1.82) is 0 Å². The predicted octanol–water partition coefficient (Wildman–Crippen LogP) is 0.213. The molecule has 0 spiro atoms. The van der Waals surface area contributed by atoms with E-state index in [2.05, 4.69) is 10.6 Å². The zero-order chi connectivity index (χ0) is 12.5. The first kappa shape index (κ1) is 12.4. The summed E-state index contributed by atoms with van der Waals surface area (Å²) in [5, 5.41) is 15.1. The van der Waals surface area contributed by atoms with E-state index >= 15 is 0 Å². The van der Waals surface area contributed by atoms with E-state index < -0.39 is 11.4 Å². The lowest BCUT2D eigenvalue weighted by molar-refractivity contribution is -0.154. The lowest BCUT2D eigenvalue weighted by atomic mass is 9.68. The van der Waals surface area contributed by atoms with Crippen LogP contribution in [0.4, 0.5) is 0 Å². The zero-order valence-corrected chi connectivity index (χ0v) is 10.2. The first-order valence-corrected chi connectivity index (χ1v) is 6.27. The minimum absolute atomic E-state index is 0.0102. The summed E-state index contributed by atoms with van der Waals surface area (Å²) in [5.74, 6) is -0.412. The van der Waals surface area contributed by atoms with Gasteiger partial charge in [-0.2, -0.15) is 0 Å². The fourth-order valence-electron chi connectivity index (χ4n) is 2.37. The van der Waals surface area contributed by atoms with Crippen LogP contribution in [-0.2, 0) is 9.59 Å². The van der Waals surface area contributed by atoms with Gasteiger partial charge in [0.05, 0.1) is 5.41 Å².